The SMILES string of the molecule is Cc1cc(C=C(C#N)C(=O)OCC(=O)c2cc(C)n(-c3ccc(OC(F)F)cc3)c2C)c(C)n1CCC(C)C. The van der Waals surface area contributed by atoms with Crippen molar-refractivity contribution in [3.8, 4) is 17.5 Å². The van der Waals surface area contributed by atoms with Gasteiger partial charge in [0, 0.05) is 40.6 Å². The van der Waals surface area contributed by atoms with Gasteiger partial charge in [0.1, 0.15) is 17.4 Å². The first-order chi connectivity index (χ1) is 18.4. The lowest BCUT2D eigenvalue weighted by Gasteiger charge is -2.11. The molecule has 0 amide bonds. The zero-order valence-electron chi connectivity index (χ0n) is 23.0. The maximum atomic E-state index is 12.9. The summed E-state index contributed by atoms with van der Waals surface area (Å²) in [6.07, 6.45) is 2.50. The number of ether oxygens (including phenoxy) is 2. The number of rotatable bonds is 11. The number of esters is 1. The summed E-state index contributed by atoms with van der Waals surface area (Å²) in [5.74, 6) is -0.728. The van der Waals surface area contributed by atoms with Crippen molar-refractivity contribution in [2.75, 3.05) is 6.61 Å². The summed E-state index contributed by atoms with van der Waals surface area (Å²) >= 11 is 0. The van der Waals surface area contributed by atoms with Crippen LogP contribution >= 0.6 is 0 Å². The first-order valence-electron chi connectivity index (χ1n) is 12.7. The molecule has 0 aliphatic rings. The molecule has 2 aromatic heterocycles. The Hall–Kier alpha value is -4.19. The van der Waals surface area contributed by atoms with Crippen molar-refractivity contribution >= 4 is 17.8 Å². The van der Waals surface area contributed by atoms with Gasteiger partial charge >= 0.3 is 12.6 Å². The van der Waals surface area contributed by atoms with E-state index >= 15 is 0 Å². The van der Waals surface area contributed by atoms with Gasteiger partial charge in [-0.1, -0.05) is 13.8 Å². The van der Waals surface area contributed by atoms with Gasteiger partial charge in [0.25, 0.3) is 0 Å². The molecular weight excluding hydrogens is 504 g/mol. The normalized spacial score (nSPS) is 11.7. The zero-order chi connectivity index (χ0) is 28.9. The third-order valence-corrected chi connectivity index (χ3v) is 6.57. The molecule has 9 heteroatoms. The quantitative estimate of drug-likeness (QED) is 0.121. The average molecular weight is 538 g/mol. The van der Waals surface area contributed by atoms with E-state index in [0.717, 1.165) is 35.6 Å². The molecule has 0 atom stereocenters. The Bertz CT molecular complexity index is 1420. The third-order valence-electron chi connectivity index (χ3n) is 6.57. The molecule has 0 bridgehead atoms. The average Bonchev–Trinajstić information content (AvgIpc) is 3.32. The molecule has 0 N–H and O–H groups in total. The fourth-order valence-electron chi connectivity index (χ4n) is 4.50. The van der Waals surface area contributed by atoms with Gasteiger partial charge in [-0.3, -0.25) is 4.79 Å². The van der Waals surface area contributed by atoms with Gasteiger partial charge in [-0.05, 0) is 88.1 Å². The Morgan fingerprint density at radius 1 is 1.03 bits per heavy atom. The van der Waals surface area contributed by atoms with Crippen molar-refractivity contribution in [3.05, 3.63) is 75.9 Å². The molecule has 0 spiro atoms. The maximum absolute atomic E-state index is 12.9. The molecule has 0 fully saturated rings. The molecule has 39 heavy (non-hydrogen) atoms. The first kappa shape index (κ1) is 29.4. The fraction of sp³-hybridized carbons (Fsp3) is 0.367. The van der Waals surface area contributed by atoms with Crippen molar-refractivity contribution in [1.29, 1.82) is 5.26 Å². The summed E-state index contributed by atoms with van der Waals surface area (Å²) in [4.78, 5) is 25.6. The van der Waals surface area contributed by atoms with Gasteiger partial charge in [0.05, 0.1) is 0 Å². The Morgan fingerprint density at radius 2 is 1.69 bits per heavy atom. The van der Waals surface area contributed by atoms with E-state index in [1.807, 2.05) is 26.0 Å². The van der Waals surface area contributed by atoms with E-state index < -0.39 is 25.0 Å². The Balaban J connectivity index is 1.73. The number of carbonyl (C=O) groups is 2. The molecule has 0 aliphatic heterocycles. The largest absolute Gasteiger partial charge is 0.453 e. The number of aryl methyl sites for hydroxylation is 2. The van der Waals surface area contributed by atoms with E-state index in [2.05, 4.69) is 23.2 Å². The second-order valence-electron chi connectivity index (χ2n) is 9.82. The van der Waals surface area contributed by atoms with Crippen LogP contribution in [0.4, 0.5) is 8.78 Å². The Kier molecular flexibility index (Phi) is 9.47. The predicted molar refractivity (Wildman–Crippen MR) is 144 cm³/mol. The van der Waals surface area contributed by atoms with Crippen LogP contribution < -0.4 is 4.74 Å². The van der Waals surface area contributed by atoms with Crippen molar-refractivity contribution in [2.24, 2.45) is 5.92 Å². The lowest BCUT2D eigenvalue weighted by Crippen LogP contribution is -2.16. The highest BCUT2D eigenvalue weighted by molar-refractivity contribution is 6.02. The molecule has 0 saturated carbocycles. The minimum absolute atomic E-state index is 0.0262. The second kappa shape index (κ2) is 12.6. The highest BCUT2D eigenvalue weighted by Gasteiger charge is 2.20. The molecule has 1 aromatic carbocycles. The van der Waals surface area contributed by atoms with Crippen LogP contribution in [-0.4, -0.2) is 34.1 Å². The van der Waals surface area contributed by atoms with E-state index in [1.54, 1.807) is 36.6 Å². The van der Waals surface area contributed by atoms with E-state index in [1.165, 1.54) is 18.2 Å². The minimum atomic E-state index is -2.92. The highest BCUT2D eigenvalue weighted by Crippen LogP contribution is 2.24. The van der Waals surface area contributed by atoms with Gasteiger partial charge in [-0.25, -0.2) is 4.79 Å². The number of carbonyl (C=O) groups excluding carboxylic acids is 2. The van der Waals surface area contributed by atoms with E-state index in [-0.39, 0.29) is 11.3 Å². The standard InChI is InChI=1S/C30H33F2N3O4/c1-18(2)11-12-34-19(3)13-23(21(34)5)15-24(16-33)29(37)38-17-28(36)27-14-20(4)35(22(27)6)25-7-9-26(10-8-25)39-30(31)32/h7-10,13-15,18,30H,11-12,17H2,1-6H3. The molecule has 7 nitrogen and oxygen atoms in total. The van der Waals surface area contributed by atoms with Gasteiger partial charge in [-0.2, -0.15) is 14.0 Å². The molecule has 2 heterocycles. The fourth-order valence-corrected chi connectivity index (χ4v) is 4.50. The van der Waals surface area contributed by atoms with Gasteiger partial charge in [0.2, 0.25) is 5.78 Å². The van der Waals surface area contributed by atoms with Gasteiger partial charge in [-0.15, -0.1) is 0 Å². The van der Waals surface area contributed by atoms with Crippen molar-refractivity contribution < 1.29 is 27.8 Å². The third kappa shape index (κ3) is 7.02. The summed E-state index contributed by atoms with van der Waals surface area (Å²) < 4.78 is 38.4. The number of alkyl halides is 2. The summed E-state index contributed by atoms with van der Waals surface area (Å²) in [6, 6.07) is 11.5. The van der Waals surface area contributed by atoms with Crippen LogP contribution in [-0.2, 0) is 16.1 Å². The zero-order valence-corrected chi connectivity index (χ0v) is 23.0. The number of aromatic nitrogens is 2. The smallest absolute Gasteiger partial charge is 0.387 e. The monoisotopic (exact) mass is 537 g/mol. The number of ketones is 1. The first-order valence-corrected chi connectivity index (χ1v) is 12.7. The Labute approximate surface area is 227 Å². The highest BCUT2D eigenvalue weighted by atomic mass is 19.3. The van der Waals surface area contributed by atoms with Crippen LogP contribution in [0, 0.1) is 44.9 Å². The lowest BCUT2D eigenvalue weighted by molar-refractivity contribution is -0.137. The molecule has 0 radical (unpaired) electrons. The summed E-state index contributed by atoms with van der Waals surface area (Å²) in [5.41, 5.74) is 4.88. The van der Waals surface area contributed by atoms with E-state index in [9.17, 15) is 23.6 Å². The topological polar surface area (TPSA) is 86.2 Å². The molecular formula is C30H33F2N3O4. The number of benzene rings is 1. The summed E-state index contributed by atoms with van der Waals surface area (Å²) in [5, 5.41) is 9.60. The van der Waals surface area contributed by atoms with E-state index in [4.69, 9.17) is 4.74 Å². The number of Topliss-reactive ketones (excluding diaryl/α,β-unsaturated/α-hetero) is 1. The second-order valence-corrected chi connectivity index (χ2v) is 9.82. The molecule has 0 unspecified atom stereocenters. The maximum Gasteiger partial charge on any atom is 0.387 e. The number of nitrogens with zero attached hydrogens (tertiary/aromatic N) is 3. The van der Waals surface area contributed by atoms with Gasteiger partial charge in [0.15, 0.2) is 6.61 Å². The van der Waals surface area contributed by atoms with Crippen molar-refractivity contribution in [1.82, 2.24) is 9.13 Å². The predicted octanol–water partition coefficient (Wildman–Crippen LogP) is 6.49. The van der Waals surface area contributed by atoms with Crippen LogP contribution in [0.25, 0.3) is 11.8 Å². The lowest BCUT2D eigenvalue weighted by atomic mass is 10.1. The summed E-state index contributed by atoms with van der Waals surface area (Å²) in [7, 11) is 0. The van der Waals surface area contributed by atoms with Crippen LogP contribution in [0.2, 0.25) is 0 Å². The van der Waals surface area contributed by atoms with Crippen LogP contribution in [0.1, 0.15) is 59.0 Å². The molecule has 0 aliphatic carbocycles. The van der Waals surface area contributed by atoms with Crippen LogP contribution in [0.3, 0.4) is 0 Å². The number of halogens is 2. The molecule has 3 aromatic rings. The van der Waals surface area contributed by atoms with Crippen LogP contribution in [0.15, 0.2) is 42.0 Å². The molecule has 206 valence electrons. The molecule has 0 saturated heterocycles. The van der Waals surface area contributed by atoms with Gasteiger partial charge < -0.3 is 18.6 Å². The number of hydrogen-bond acceptors (Lipinski definition) is 5. The van der Waals surface area contributed by atoms with Crippen molar-refractivity contribution in [2.45, 2.75) is 61.1 Å². The van der Waals surface area contributed by atoms with E-state index in [0.29, 0.717) is 22.9 Å². The molecule has 3 rings (SSSR count). The minimum Gasteiger partial charge on any atom is -0.453 e. The number of hydrogen-bond donors (Lipinski definition) is 0. The Morgan fingerprint density at radius 3 is 2.28 bits per heavy atom. The summed E-state index contributed by atoms with van der Waals surface area (Å²) in [6.45, 7) is 9.17. The van der Waals surface area contributed by atoms with Crippen LogP contribution in [0.5, 0.6) is 5.75 Å². The van der Waals surface area contributed by atoms with Crippen molar-refractivity contribution in [3.63, 3.8) is 0 Å². The number of nitriles is 1.